The van der Waals surface area contributed by atoms with Crippen LogP contribution in [-0.2, 0) is 6.42 Å². The molecule has 104 valence electrons. The summed E-state index contributed by atoms with van der Waals surface area (Å²) in [6.45, 7) is 7.21. The Kier molecular flexibility index (Phi) is 4.36. The lowest BCUT2D eigenvalue weighted by Crippen LogP contribution is -2.37. The van der Waals surface area contributed by atoms with Gasteiger partial charge in [0.15, 0.2) is 5.58 Å². The highest BCUT2D eigenvalue weighted by atomic mass is 35.5. The highest BCUT2D eigenvalue weighted by molar-refractivity contribution is 6.47. The van der Waals surface area contributed by atoms with Crippen LogP contribution in [0.4, 0.5) is 0 Å². The Morgan fingerprint density at radius 2 is 1.84 bits per heavy atom. The Balaban J connectivity index is 2.30. The summed E-state index contributed by atoms with van der Waals surface area (Å²) in [5.41, 5.74) is 1.70. The zero-order chi connectivity index (χ0) is 14.2. The van der Waals surface area contributed by atoms with Gasteiger partial charge in [0, 0.05) is 16.5 Å². The quantitative estimate of drug-likeness (QED) is 0.774. The van der Waals surface area contributed by atoms with Gasteiger partial charge in [0.05, 0.1) is 21.3 Å². The van der Waals surface area contributed by atoms with E-state index in [2.05, 4.69) is 26.1 Å². The molecule has 0 aliphatic carbocycles. The van der Waals surface area contributed by atoms with Crippen molar-refractivity contribution < 1.29 is 4.42 Å². The van der Waals surface area contributed by atoms with Gasteiger partial charge < -0.3 is 9.73 Å². The normalized spacial score (nSPS) is 12.3. The van der Waals surface area contributed by atoms with Gasteiger partial charge in [0.1, 0.15) is 0 Å². The van der Waals surface area contributed by atoms with Gasteiger partial charge in [-0.25, -0.2) is 0 Å². The maximum absolute atomic E-state index is 6.24. The molecule has 2 rings (SSSR count). The SMILES string of the molecule is CC(C)(C)NCCc1coc2c(Cl)cc(Cl)c(Cl)c12. The molecule has 1 heterocycles. The fourth-order valence-electron chi connectivity index (χ4n) is 1.93. The molecule has 0 radical (unpaired) electrons. The number of benzene rings is 1. The molecular formula is C14H16Cl3NO. The van der Waals surface area contributed by atoms with Gasteiger partial charge in [-0.3, -0.25) is 0 Å². The topological polar surface area (TPSA) is 25.2 Å². The van der Waals surface area contributed by atoms with Crippen LogP contribution in [0, 0.1) is 0 Å². The minimum Gasteiger partial charge on any atom is -0.462 e. The molecule has 1 aromatic heterocycles. The summed E-state index contributed by atoms with van der Waals surface area (Å²) in [4.78, 5) is 0. The van der Waals surface area contributed by atoms with E-state index in [-0.39, 0.29) is 5.54 Å². The second-order valence-corrected chi connectivity index (χ2v) is 6.74. The highest BCUT2D eigenvalue weighted by Gasteiger charge is 2.16. The smallest absolute Gasteiger partial charge is 0.154 e. The maximum atomic E-state index is 6.24. The predicted molar refractivity (Wildman–Crippen MR) is 82.7 cm³/mol. The first-order chi connectivity index (χ1) is 8.79. The van der Waals surface area contributed by atoms with Crippen LogP contribution in [-0.4, -0.2) is 12.1 Å². The molecule has 19 heavy (non-hydrogen) atoms. The van der Waals surface area contributed by atoms with E-state index < -0.39 is 0 Å². The largest absolute Gasteiger partial charge is 0.462 e. The minimum absolute atomic E-state index is 0.0820. The van der Waals surface area contributed by atoms with Crippen molar-refractivity contribution in [2.45, 2.75) is 32.7 Å². The summed E-state index contributed by atoms with van der Waals surface area (Å²) in [6.07, 6.45) is 2.50. The average molecular weight is 321 g/mol. The number of hydrogen-bond acceptors (Lipinski definition) is 2. The molecule has 0 saturated heterocycles. The van der Waals surface area contributed by atoms with Gasteiger partial charge in [-0.05, 0) is 39.8 Å². The van der Waals surface area contributed by atoms with Crippen LogP contribution < -0.4 is 5.32 Å². The van der Waals surface area contributed by atoms with Gasteiger partial charge in [-0.2, -0.15) is 0 Å². The predicted octanol–water partition coefficient (Wildman–Crippen LogP) is 5.32. The average Bonchev–Trinajstić information content (AvgIpc) is 2.69. The van der Waals surface area contributed by atoms with Crippen molar-refractivity contribution in [1.29, 1.82) is 0 Å². The molecule has 0 atom stereocenters. The molecule has 2 nitrogen and oxygen atoms in total. The number of rotatable bonds is 3. The van der Waals surface area contributed by atoms with Crippen molar-refractivity contribution in [2.75, 3.05) is 6.54 Å². The van der Waals surface area contributed by atoms with Crippen molar-refractivity contribution in [3.63, 3.8) is 0 Å². The zero-order valence-corrected chi connectivity index (χ0v) is 13.4. The molecular weight excluding hydrogens is 305 g/mol. The van der Waals surface area contributed by atoms with E-state index in [0.29, 0.717) is 20.7 Å². The Hall–Kier alpha value is -0.410. The number of fused-ring (bicyclic) bond motifs is 1. The zero-order valence-electron chi connectivity index (χ0n) is 11.1. The molecule has 0 saturated carbocycles. The fraction of sp³-hybridized carbons (Fsp3) is 0.429. The summed E-state index contributed by atoms with van der Waals surface area (Å²) in [5.74, 6) is 0. The van der Waals surface area contributed by atoms with Crippen molar-refractivity contribution >= 4 is 45.8 Å². The van der Waals surface area contributed by atoms with Crippen LogP contribution in [0.15, 0.2) is 16.7 Å². The van der Waals surface area contributed by atoms with Gasteiger partial charge in [0.25, 0.3) is 0 Å². The summed E-state index contributed by atoms with van der Waals surface area (Å²) in [6, 6.07) is 1.61. The van der Waals surface area contributed by atoms with Gasteiger partial charge >= 0.3 is 0 Å². The van der Waals surface area contributed by atoms with Crippen LogP contribution in [0.25, 0.3) is 11.0 Å². The second-order valence-electron chi connectivity index (χ2n) is 5.55. The summed E-state index contributed by atoms with van der Waals surface area (Å²) >= 11 is 18.4. The van der Waals surface area contributed by atoms with Crippen LogP contribution >= 0.6 is 34.8 Å². The van der Waals surface area contributed by atoms with Gasteiger partial charge in [-0.15, -0.1) is 0 Å². The molecule has 0 unspecified atom stereocenters. The third-order valence-corrected chi connectivity index (χ3v) is 3.88. The van der Waals surface area contributed by atoms with Crippen LogP contribution in [0.2, 0.25) is 15.1 Å². The first-order valence-electron chi connectivity index (χ1n) is 6.08. The van der Waals surface area contributed by atoms with E-state index >= 15 is 0 Å². The lowest BCUT2D eigenvalue weighted by molar-refractivity contribution is 0.429. The molecule has 0 amide bonds. The Bertz CT molecular complexity index is 599. The molecule has 0 aliphatic heterocycles. The Morgan fingerprint density at radius 1 is 1.16 bits per heavy atom. The van der Waals surface area contributed by atoms with Crippen molar-refractivity contribution in [3.8, 4) is 0 Å². The monoisotopic (exact) mass is 319 g/mol. The van der Waals surface area contributed by atoms with E-state index in [1.807, 2.05) is 0 Å². The molecule has 0 aliphatic rings. The lowest BCUT2D eigenvalue weighted by atomic mass is 10.1. The fourth-order valence-corrected chi connectivity index (χ4v) is 2.70. The van der Waals surface area contributed by atoms with Crippen molar-refractivity contribution in [2.24, 2.45) is 0 Å². The molecule has 2 aromatic rings. The van der Waals surface area contributed by atoms with E-state index in [4.69, 9.17) is 39.2 Å². The summed E-state index contributed by atoms with van der Waals surface area (Å²) in [7, 11) is 0. The number of nitrogens with one attached hydrogen (secondary N) is 1. The van der Waals surface area contributed by atoms with Gasteiger partial charge in [-0.1, -0.05) is 34.8 Å². The van der Waals surface area contributed by atoms with E-state index in [1.54, 1.807) is 12.3 Å². The Morgan fingerprint density at radius 3 is 2.47 bits per heavy atom. The highest BCUT2D eigenvalue weighted by Crippen LogP contribution is 2.38. The number of furan rings is 1. The standard InChI is InChI=1S/C14H16Cl3NO/c1-14(2,3)18-5-4-8-7-19-13-10(16)6-9(15)12(17)11(8)13/h6-7,18H,4-5H2,1-3H3. The third kappa shape index (κ3) is 3.38. The van der Waals surface area contributed by atoms with Crippen molar-refractivity contribution in [1.82, 2.24) is 5.32 Å². The maximum Gasteiger partial charge on any atom is 0.154 e. The van der Waals surface area contributed by atoms with E-state index in [9.17, 15) is 0 Å². The summed E-state index contributed by atoms with van der Waals surface area (Å²) in [5, 5.41) is 5.67. The molecule has 1 N–H and O–H groups in total. The first-order valence-corrected chi connectivity index (χ1v) is 7.21. The molecule has 0 fully saturated rings. The summed E-state index contributed by atoms with van der Waals surface area (Å²) < 4.78 is 5.50. The number of hydrogen-bond donors (Lipinski definition) is 1. The molecule has 0 bridgehead atoms. The second kappa shape index (κ2) is 5.53. The van der Waals surface area contributed by atoms with Crippen molar-refractivity contribution in [3.05, 3.63) is 33.0 Å². The van der Waals surface area contributed by atoms with E-state index in [1.165, 1.54) is 0 Å². The first kappa shape index (κ1) is 15.0. The van der Waals surface area contributed by atoms with E-state index in [0.717, 1.165) is 23.9 Å². The third-order valence-electron chi connectivity index (χ3n) is 2.82. The minimum atomic E-state index is 0.0820. The molecule has 0 spiro atoms. The Labute approximate surface area is 128 Å². The molecule has 1 aromatic carbocycles. The van der Waals surface area contributed by atoms with Crippen LogP contribution in [0.1, 0.15) is 26.3 Å². The van der Waals surface area contributed by atoms with Crippen LogP contribution in [0.5, 0.6) is 0 Å². The lowest BCUT2D eigenvalue weighted by Gasteiger charge is -2.20. The number of halogens is 3. The molecule has 5 heteroatoms. The van der Waals surface area contributed by atoms with Gasteiger partial charge in [0.2, 0.25) is 0 Å². The van der Waals surface area contributed by atoms with Crippen LogP contribution in [0.3, 0.4) is 0 Å².